The molecule has 1 N–H and O–H groups in total. The van der Waals surface area contributed by atoms with Gasteiger partial charge in [-0.3, -0.25) is 4.90 Å². The fraction of sp³-hybridized carbons (Fsp3) is 0.625. The molecule has 0 bridgehead atoms. The van der Waals surface area contributed by atoms with E-state index in [2.05, 4.69) is 35.3 Å². The Morgan fingerprint density at radius 2 is 2.32 bits per heavy atom. The van der Waals surface area contributed by atoms with Crippen molar-refractivity contribution in [2.24, 2.45) is 5.92 Å². The number of ether oxygens (including phenoxy) is 1. The molecular formula is C16H24N2O. The molecule has 3 rings (SSSR count). The molecule has 0 unspecified atom stereocenters. The van der Waals surface area contributed by atoms with Crippen LogP contribution in [0.5, 0.6) is 5.75 Å². The third-order valence-electron chi connectivity index (χ3n) is 4.34. The first-order chi connectivity index (χ1) is 9.31. The van der Waals surface area contributed by atoms with Gasteiger partial charge >= 0.3 is 0 Å². The van der Waals surface area contributed by atoms with Crippen LogP contribution < -0.4 is 10.1 Å². The molecular weight excluding hydrogens is 236 g/mol. The Morgan fingerprint density at radius 1 is 1.37 bits per heavy atom. The van der Waals surface area contributed by atoms with Gasteiger partial charge in [-0.1, -0.05) is 12.1 Å². The van der Waals surface area contributed by atoms with Gasteiger partial charge < -0.3 is 10.1 Å². The number of benzene rings is 1. The van der Waals surface area contributed by atoms with Gasteiger partial charge in [0.05, 0.1) is 0 Å². The molecule has 3 nitrogen and oxygen atoms in total. The van der Waals surface area contributed by atoms with Gasteiger partial charge in [0.2, 0.25) is 0 Å². The first-order valence-electron chi connectivity index (χ1n) is 7.46. The van der Waals surface area contributed by atoms with E-state index in [0.717, 1.165) is 30.9 Å². The summed E-state index contributed by atoms with van der Waals surface area (Å²) in [5.74, 6) is 1.86. The van der Waals surface area contributed by atoms with Gasteiger partial charge in [0.15, 0.2) is 0 Å². The van der Waals surface area contributed by atoms with Crippen molar-refractivity contribution in [2.45, 2.75) is 25.8 Å². The van der Waals surface area contributed by atoms with Gasteiger partial charge in [-0.05, 0) is 49.9 Å². The number of hydrogen-bond donors (Lipinski definition) is 1. The molecule has 19 heavy (non-hydrogen) atoms. The maximum Gasteiger partial charge on any atom is 0.119 e. The van der Waals surface area contributed by atoms with Gasteiger partial charge in [-0.25, -0.2) is 0 Å². The summed E-state index contributed by atoms with van der Waals surface area (Å²) in [6.45, 7) is 7.58. The van der Waals surface area contributed by atoms with Crippen LogP contribution in [0.3, 0.4) is 0 Å². The molecule has 2 aliphatic rings. The normalized spacial score (nSPS) is 27.2. The van der Waals surface area contributed by atoms with Crippen LogP contribution >= 0.6 is 0 Å². The van der Waals surface area contributed by atoms with E-state index in [1.807, 2.05) is 6.07 Å². The van der Waals surface area contributed by atoms with Crippen LogP contribution in [-0.2, 0) is 0 Å². The highest BCUT2D eigenvalue weighted by atomic mass is 16.5. The Bertz CT molecular complexity index is 407. The molecule has 0 aromatic heterocycles. The number of piperidine rings is 1. The minimum absolute atomic E-state index is 0.729. The highest BCUT2D eigenvalue weighted by molar-refractivity contribution is 5.27. The molecule has 0 saturated carbocycles. The molecule has 104 valence electrons. The fourth-order valence-corrected chi connectivity index (χ4v) is 3.32. The van der Waals surface area contributed by atoms with E-state index in [0.29, 0.717) is 0 Å². The van der Waals surface area contributed by atoms with Crippen LogP contribution in [0.15, 0.2) is 24.3 Å². The smallest absolute Gasteiger partial charge is 0.119 e. The highest BCUT2D eigenvalue weighted by Gasteiger charge is 2.33. The zero-order valence-corrected chi connectivity index (χ0v) is 11.8. The van der Waals surface area contributed by atoms with E-state index >= 15 is 0 Å². The SMILES string of the molecule is Cc1cccc(OCCN2C[C@@H]3CCCN[C@@H]3C2)c1. The average Bonchev–Trinajstić information content (AvgIpc) is 2.81. The molecule has 2 saturated heterocycles. The number of aryl methyl sites for hydroxylation is 1. The third-order valence-corrected chi connectivity index (χ3v) is 4.34. The first kappa shape index (κ1) is 12.9. The lowest BCUT2D eigenvalue weighted by Crippen LogP contribution is -2.40. The highest BCUT2D eigenvalue weighted by Crippen LogP contribution is 2.24. The fourth-order valence-electron chi connectivity index (χ4n) is 3.32. The number of nitrogens with one attached hydrogen (secondary N) is 1. The summed E-state index contributed by atoms with van der Waals surface area (Å²) in [5, 5.41) is 3.64. The molecule has 0 aliphatic carbocycles. The zero-order chi connectivity index (χ0) is 13.1. The Morgan fingerprint density at radius 3 is 3.16 bits per heavy atom. The van der Waals surface area contributed by atoms with Gasteiger partial charge in [0.1, 0.15) is 12.4 Å². The van der Waals surface area contributed by atoms with Crippen LogP contribution in [0, 0.1) is 12.8 Å². The molecule has 2 heterocycles. The molecule has 0 radical (unpaired) electrons. The summed E-state index contributed by atoms with van der Waals surface area (Å²) in [4.78, 5) is 2.55. The predicted octanol–water partition coefficient (Wildman–Crippen LogP) is 2.06. The van der Waals surface area contributed by atoms with Gasteiger partial charge in [0.25, 0.3) is 0 Å². The van der Waals surface area contributed by atoms with Crippen LogP contribution in [0.25, 0.3) is 0 Å². The summed E-state index contributed by atoms with van der Waals surface area (Å²) in [7, 11) is 0. The van der Waals surface area contributed by atoms with Crippen molar-refractivity contribution in [1.29, 1.82) is 0 Å². The molecule has 2 fully saturated rings. The second-order valence-corrected chi connectivity index (χ2v) is 5.89. The maximum atomic E-state index is 5.84. The Labute approximate surface area is 115 Å². The van der Waals surface area contributed by atoms with Crippen molar-refractivity contribution in [2.75, 3.05) is 32.8 Å². The van der Waals surface area contributed by atoms with Crippen molar-refractivity contribution in [3.63, 3.8) is 0 Å². The lowest BCUT2D eigenvalue weighted by molar-refractivity contribution is 0.232. The Hall–Kier alpha value is -1.06. The van der Waals surface area contributed by atoms with Crippen molar-refractivity contribution in [3.05, 3.63) is 29.8 Å². The standard InChI is InChI=1S/C16H24N2O/c1-13-4-2-6-15(10-13)19-9-8-18-11-14-5-3-7-17-16(14)12-18/h2,4,6,10,14,16-17H,3,5,7-9,11-12H2,1H3/t14-,16+/m0/s1. The molecule has 2 aliphatic heterocycles. The topological polar surface area (TPSA) is 24.5 Å². The van der Waals surface area contributed by atoms with Crippen molar-refractivity contribution >= 4 is 0 Å². The summed E-state index contributed by atoms with van der Waals surface area (Å²) < 4.78 is 5.84. The Balaban J connectivity index is 1.43. The van der Waals surface area contributed by atoms with Crippen molar-refractivity contribution in [1.82, 2.24) is 10.2 Å². The predicted molar refractivity (Wildman–Crippen MR) is 77.6 cm³/mol. The van der Waals surface area contributed by atoms with E-state index in [-0.39, 0.29) is 0 Å². The largest absolute Gasteiger partial charge is 0.492 e. The van der Waals surface area contributed by atoms with Crippen LogP contribution in [0.1, 0.15) is 18.4 Å². The third kappa shape index (κ3) is 3.28. The van der Waals surface area contributed by atoms with Gasteiger partial charge in [0, 0.05) is 25.7 Å². The van der Waals surface area contributed by atoms with Crippen molar-refractivity contribution in [3.8, 4) is 5.75 Å². The van der Waals surface area contributed by atoms with Crippen molar-refractivity contribution < 1.29 is 4.74 Å². The summed E-state index contributed by atoms with van der Waals surface area (Å²) in [6.07, 6.45) is 2.74. The zero-order valence-electron chi connectivity index (χ0n) is 11.8. The first-order valence-corrected chi connectivity index (χ1v) is 7.46. The maximum absolute atomic E-state index is 5.84. The summed E-state index contributed by atoms with van der Waals surface area (Å²) in [6, 6.07) is 9.03. The molecule has 1 aromatic rings. The second-order valence-electron chi connectivity index (χ2n) is 5.89. The number of fused-ring (bicyclic) bond motifs is 1. The Kier molecular flexibility index (Phi) is 4.04. The number of hydrogen-bond acceptors (Lipinski definition) is 3. The molecule has 3 heteroatoms. The lowest BCUT2D eigenvalue weighted by Gasteiger charge is -2.24. The summed E-state index contributed by atoms with van der Waals surface area (Å²) >= 11 is 0. The molecule has 1 aromatic carbocycles. The van der Waals surface area contributed by atoms with Crippen LogP contribution in [0.4, 0.5) is 0 Å². The van der Waals surface area contributed by atoms with E-state index < -0.39 is 0 Å². The number of rotatable bonds is 4. The minimum Gasteiger partial charge on any atom is -0.492 e. The number of likely N-dealkylation sites (tertiary alicyclic amines) is 1. The van der Waals surface area contributed by atoms with Crippen LogP contribution in [-0.4, -0.2) is 43.7 Å². The molecule has 2 atom stereocenters. The van der Waals surface area contributed by atoms with Gasteiger partial charge in [-0.2, -0.15) is 0 Å². The quantitative estimate of drug-likeness (QED) is 0.897. The van der Waals surface area contributed by atoms with E-state index in [9.17, 15) is 0 Å². The lowest BCUT2D eigenvalue weighted by atomic mass is 9.94. The van der Waals surface area contributed by atoms with Crippen LogP contribution in [0.2, 0.25) is 0 Å². The minimum atomic E-state index is 0.729. The van der Waals surface area contributed by atoms with E-state index in [1.165, 1.54) is 38.0 Å². The summed E-state index contributed by atoms with van der Waals surface area (Å²) in [5.41, 5.74) is 1.26. The average molecular weight is 260 g/mol. The second kappa shape index (κ2) is 5.93. The number of nitrogens with zero attached hydrogens (tertiary/aromatic N) is 1. The molecule has 0 amide bonds. The van der Waals surface area contributed by atoms with Gasteiger partial charge in [-0.15, -0.1) is 0 Å². The van der Waals surface area contributed by atoms with E-state index in [1.54, 1.807) is 0 Å². The monoisotopic (exact) mass is 260 g/mol. The van der Waals surface area contributed by atoms with E-state index in [4.69, 9.17) is 4.74 Å². The molecule has 0 spiro atoms.